The average molecular weight is 286 g/mol. The smallest absolute Gasteiger partial charge is 0.226 e. The molecule has 1 fully saturated rings. The molecule has 0 spiro atoms. The van der Waals surface area contributed by atoms with Crippen molar-refractivity contribution in [1.82, 2.24) is 4.90 Å². The summed E-state index contributed by atoms with van der Waals surface area (Å²) in [6.07, 6.45) is 7.64. The van der Waals surface area contributed by atoms with Crippen LogP contribution in [0.4, 0.5) is 5.69 Å². The van der Waals surface area contributed by atoms with E-state index >= 15 is 0 Å². The number of nitrogen functional groups attached to an aromatic ring is 1. The summed E-state index contributed by atoms with van der Waals surface area (Å²) in [6.45, 7) is 1.61. The Bertz CT molecular complexity index is 517. The molecule has 0 unspecified atom stereocenters. The van der Waals surface area contributed by atoms with Crippen molar-refractivity contribution in [2.45, 2.75) is 25.7 Å². The maximum absolute atomic E-state index is 12.3. The Labute approximate surface area is 125 Å². The zero-order valence-corrected chi connectivity index (χ0v) is 12.2. The van der Waals surface area contributed by atoms with E-state index in [4.69, 9.17) is 5.73 Å². The van der Waals surface area contributed by atoms with Crippen molar-refractivity contribution in [3.05, 3.63) is 42.0 Å². The van der Waals surface area contributed by atoms with E-state index < -0.39 is 0 Å². The minimum atomic E-state index is 0.169. The number of hydrogen-bond donors (Lipinski definition) is 1. The van der Waals surface area contributed by atoms with Gasteiger partial charge in [-0.15, -0.1) is 0 Å². The summed E-state index contributed by atoms with van der Waals surface area (Å²) < 4.78 is 0. The Morgan fingerprint density at radius 2 is 2.10 bits per heavy atom. The number of nitrogens with two attached hydrogens (primary N) is 1. The van der Waals surface area contributed by atoms with E-state index in [-0.39, 0.29) is 5.91 Å². The van der Waals surface area contributed by atoms with Crippen LogP contribution in [0.2, 0.25) is 0 Å². The van der Waals surface area contributed by atoms with Gasteiger partial charge in [-0.1, -0.05) is 18.2 Å². The first-order valence-corrected chi connectivity index (χ1v) is 7.41. The number of carbonyl (C=O) groups excluding carboxylic acids is 2. The van der Waals surface area contributed by atoms with Gasteiger partial charge in [-0.05, 0) is 49.0 Å². The Balaban J connectivity index is 1.80. The summed E-state index contributed by atoms with van der Waals surface area (Å²) in [5.74, 6) is 0.750. The first-order valence-electron chi connectivity index (χ1n) is 7.41. The van der Waals surface area contributed by atoms with Crippen LogP contribution in [0, 0.1) is 5.92 Å². The molecule has 1 heterocycles. The molecule has 4 heteroatoms. The van der Waals surface area contributed by atoms with E-state index in [9.17, 15) is 9.59 Å². The normalized spacial score (nSPS) is 16.3. The molecule has 21 heavy (non-hydrogen) atoms. The number of piperidine rings is 1. The third kappa shape index (κ3) is 4.74. The maximum atomic E-state index is 12.3. The Morgan fingerprint density at radius 3 is 2.76 bits per heavy atom. The molecule has 0 atom stereocenters. The van der Waals surface area contributed by atoms with Gasteiger partial charge in [-0.25, -0.2) is 0 Å². The second-order valence-electron chi connectivity index (χ2n) is 5.55. The molecule has 1 aromatic carbocycles. The number of nitrogens with zero attached hydrogens (tertiary/aromatic N) is 1. The second kappa shape index (κ2) is 7.62. The summed E-state index contributed by atoms with van der Waals surface area (Å²) in [7, 11) is 0. The number of amides is 1. The number of aldehydes is 1. The Morgan fingerprint density at radius 1 is 1.33 bits per heavy atom. The fraction of sp³-hybridized carbons (Fsp3) is 0.412. The van der Waals surface area contributed by atoms with Crippen LogP contribution in [0.3, 0.4) is 0 Å². The van der Waals surface area contributed by atoms with Crippen molar-refractivity contribution in [2.75, 3.05) is 18.8 Å². The fourth-order valence-electron chi connectivity index (χ4n) is 2.73. The largest absolute Gasteiger partial charge is 0.399 e. The number of rotatable bonds is 5. The lowest BCUT2D eigenvalue weighted by molar-refractivity contribution is -0.131. The molecule has 0 aliphatic carbocycles. The van der Waals surface area contributed by atoms with E-state index in [2.05, 4.69) is 0 Å². The van der Waals surface area contributed by atoms with Crippen molar-refractivity contribution in [3.8, 4) is 0 Å². The number of benzene rings is 1. The summed E-state index contributed by atoms with van der Waals surface area (Å²) >= 11 is 0. The molecule has 0 radical (unpaired) electrons. The van der Waals surface area contributed by atoms with E-state index in [0.717, 1.165) is 44.2 Å². The van der Waals surface area contributed by atoms with Crippen LogP contribution in [0.5, 0.6) is 0 Å². The molecule has 1 aliphatic heterocycles. The standard InChI is InChI=1S/C17H22N2O2/c18-16-6-3-5-15(12-16)13-17(21)19-9-7-14(8-10-19)4-1-2-11-20/h1-3,5-6,11-12,14H,4,7-10,13,18H2/b2-1+. The lowest BCUT2D eigenvalue weighted by Crippen LogP contribution is -2.39. The number of hydrogen-bond acceptors (Lipinski definition) is 3. The van der Waals surface area contributed by atoms with Gasteiger partial charge in [-0.3, -0.25) is 9.59 Å². The number of allylic oxidation sites excluding steroid dienone is 2. The van der Waals surface area contributed by atoms with Gasteiger partial charge in [0.1, 0.15) is 6.29 Å². The van der Waals surface area contributed by atoms with Gasteiger partial charge in [-0.2, -0.15) is 0 Å². The van der Waals surface area contributed by atoms with Crippen LogP contribution in [-0.4, -0.2) is 30.2 Å². The molecule has 0 aromatic heterocycles. The molecule has 112 valence electrons. The van der Waals surface area contributed by atoms with Crippen LogP contribution in [0.25, 0.3) is 0 Å². The molecule has 2 N–H and O–H groups in total. The average Bonchev–Trinajstić information content (AvgIpc) is 2.48. The van der Waals surface area contributed by atoms with E-state index in [1.165, 1.54) is 0 Å². The quantitative estimate of drug-likeness (QED) is 0.513. The lowest BCUT2D eigenvalue weighted by atomic mass is 9.93. The van der Waals surface area contributed by atoms with Gasteiger partial charge in [0.2, 0.25) is 5.91 Å². The van der Waals surface area contributed by atoms with E-state index in [0.29, 0.717) is 18.0 Å². The van der Waals surface area contributed by atoms with Gasteiger partial charge < -0.3 is 10.6 Å². The highest BCUT2D eigenvalue weighted by molar-refractivity contribution is 5.79. The van der Waals surface area contributed by atoms with Gasteiger partial charge in [0.25, 0.3) is 0 Å². The van der Waals surface area contributed by atoms with Crippen LogP contribution in [0.15, 0.2) is 36.4 Å². The van der Waals surface area contributed by atoms with Gasteiger partial charge in [0.15, 0.2) is 0 Å². The minimum absolute atomic E-state index is 0.169. The predicted octanol–water partition coefficient (Wildman–Crippen LogP) is 2.20. The van der Waals surface area contributed by atoms with E-state index in [1.807, 2.05) is 35.2 Å². The number of likely N-dealkylation sites (tertiary alicyclic amines) is 1. The van der Waals surface area contributed by atoms with E-state index in [1.54, 1.807) is 6.08 Å². The van der Waals surface area contributed by atoms with Gasteiger partial charge in [0.05, 0.1) is 6.42 Å². The molecular formula is C17H22N2O2. The summed E-state index contributed by atoms with van der Waals surface area (Å²) in [5, 5.41) is 0. The van der Waals surface area contributed by atoms with Crippen molar-refractivity contribution < 1.29 is 9.59 Å². The molecule has 0 bridgehead atoms. The highest BCUT2D eigenvalue weighted by Crippen LogP contribution is 2.21. The zero-order chi connectivity index (χ0) is 15.1. The molecule has 2 rings (SSSR count). The number of anilines is 1. The monoisotopic (exact) mass is 286 g/mol. The first kappa shape index (κ1) is 15.3. The predicted molar refractivity (Wildman–Crippen MR) is 83.7 cm³/mol. The number of carbonyl (C=O) groups is 2. The third-order valence-corrected chi connectivity index (χ3v) is 3.96. The van der Waals surface area contributed by atoms with Crippen molar-refractivity contribution >= 4 is 17.9 Å². The van der Waals surface area contributed by atoms with Crippen LogP contribution < -0.4 is 5.73 Å². The highest BCUT2D eigenvalue weighted by Gasteiger charge is 2.22. The summed E-state index contributed by atoms with van der Waals surface area (Å²) in [6, 6.07) is 7.50. The summed E-state index contributed by atoms with van der Waals surface area (Å²) in [4.78, 5) is 24.4. The maximum Gasteiger partial charge on any atom is 0.226 e. The molecular weight excluding hydrogens is 264 g/mol. The third-order valence-electron chi connectivity index (χ3n) is 3.96. The van der Waals surface area contributed by atoms with Crippen molar-refractivity contribution in [3.63, 3.8) is 0 Å². The Kier molecular flexibility index (Phi) is 5.55. The molecule has 4 nitrogen and oxygen atoms in total. The molecule has 1 saturated heterocycles. The SMILES string of the molecule is Nc1cccc(CC(=O)N2CCC(C/C=C/C=O)CC2)c1. The highest BCUT2D eigenvalue weighted by atomic mass is 16.2. The van der Waals surface area contributed by atoms with Gasteiger partial charge in [0, 0.05) is 18.8 Å². The summed E-state index contributed by atoms with van der Waals surface area (Å²) in [5.41, 5.74) is 7.40. The van der Waals surface area contributed by atoms with Crippen LogP contribution in [0.1, 0.15) is 24.8 Å². The topological polar surface area (TPSA) is 63.4 Å². The van der Waals surface area contributed by atoms with Crippen molar-refractivity contribution in [1.29, 1.82) is 0 Å². The van der Waals surface area contributed by atoms with Crippen LogP contribution >= 0.6 is 0 Å². The molecule has 1 aliphatic rings. The molecule has 1 aromatic rings. The van der Waals surface area contributed by atoms with Gasteiger partial charge >= 0.3 is 0 Å². The first-order chi connectivity index (χ1) is 10.2. The van der Waals surface area contributed by atoms with Crippen LogP contribution in [-0.2, 0) is 16.0 Å². The molecule has 0 saturated carbocycles. The molecule has 1 amide bonds. The zero-order valence-electron chi connectivity index (χ0n) is 12.2. The lowest BCUT2D eigenvalue weighted by Gasteiger charge is -2.31. The fourth-order valence-corrected chi connectivity index (χ4v) is 2.73. The Hall–Kier alpha value is -2.10. The second-order valence-corrected chi connectivity index (χ2v) is 5.55. The minimum Gasteiger partial charge on any atom is -0.399 e. The van der Waals surface area contributed by atoms with Crippen molar-refractivity contribution in [2.24, 2.45) is 5.92 Å².